The minimum Gasteiger partial charge on any atom is -0.298 e. The van der Waals surface area contributed by atoms with Gasteiger partial charge >= 0.3 is 0 Å². The second kappa shape index (κ2) is 6.16. The maximum Gasteiger partial charge on any atom is 0.257 e. The third-order valence-corrected chi connectivity index (χ3v) is 5.95. The maximum absolute atomic E-state index is 12.4. The number of carbonyl (C=O) groups is 1. The van der Waals surface area contributed by atoms with E-state index in [2.05, 4.69) is 10.3 Å². The van der Waals surface area contributed by atoms with E-state index in [9.17, 15) is 13.2 Å². The van der Waals surface area contributed by atoms with E-state index in [4.69, 9.17) is 11.6 Å². The Morgan fingerprint density at radius 1 is 1.25 bits per heavy atom. The predicted octanol–water partition coefficient (Wildman–Crippen LogP) is 3.91. The number of hydrogen-bond donors (Lipinski definition) is 1. The molecule has 0 unspecified atom stereocenters. The summed E-state index contributed by atoms with van der Waals surface area (Å²) >= 11 is 7.41. The quantitative estimate of drug-likeness (QED) is 0.747. The van der Waals surface area contributed by atoms with Gasteiger partial charge in [0, 0.05) is 16.8 Å². The summed E-state index contributed by atoms with van der Waals surface area (Å²) in [7, 11) is -3.37. The number of thiazole rings is 1. The van der Waals surface area contributed by atoms with Gasteiger partial charge in [-0.1, -0.05) is 29.0 Å². The number of nitrogens with zero attached hydrogens (tertiary/aromatic N) is 1. The van der Waals surface area contributed by atoms with Crippen molar-refractivity contribution in [3.8, 4) is 0 Å². The summed E-state index contributed by atoms with van der Waals surface area (Å²) in [5.41, 5.74) is 1.85. The van der Waals surface area contributed by atoms with Crippen LogP contribution in [-0.4, -0.2) is 25.6 Å². The first-order chi connectivity index (χ1) is 11.3. The van der Waals surface area contributed by atoms with Crippen LogP contribution in [0.1, 0.15) is 15.9 Å². The number of anilines is 1. The molecule has 0 bridgehead atoms. The summed E-state index contributed by atoms with van der Waals surface area (Å²) in [5.74, 6) is -0.414. The lowest BCUT2D eigenvalue weighted by atomic mass is 10.2. The van der Waals surface area contributed by atoms with Gasteiger partial charge in [-0.3, -0.25) is 10.1 Å². The Morgan fingerprint density at radius 2 is 2.00 bits per heavy atom. The SMILES string of the molecule is Cc1c(Cl)ccc2sc(NC(=O)c3cccc(S(C)(=O)=O)c3)nc12. The number of rotatable bonds is 3. The van der Waals surface area contributed by atoms with Crippen LogP contribution in [-0.2, 0) is 9.84 Å². The molecule has 3 rings (SSSR count). The smallest absolute Gasteiger partial charge is 0.257 e. The van der Waals surface area contributed by atoms with Gasteiger partial charge in [-0.2, -0.15) is 0 Å². The molecule has 0 atom stereocenters. The first-order valence-electron chi connectivity index (χ1n) is 6.93. The third kappa shape index (κ3) is 3.28. The number of amides is 1. The normalized spacial score (nSPS) is 11.6. The van der Waals surface area contributed by atoms with Gasteiger partial charge in [0.2, 0.25) is 0 Å². The van der Waals surface area contributed by atoms with Gasteiger partial charge in [0.05, 0.1) is 15.1 Å². The minimum atomic E-state index is -3.37. The summed E-state index contributed by atoms with van der Waals surface area (Å²) < 4.78 is 24.1. The van der Waals surface area contributed by atoms with Crippen molar-refractivity contribution in [1.29, 1.82) is 0 Å². The molecule has 0 aliphatic rings. The van der Waals surface area contributed by atoms with Gasteiger partial charge in [0.25, 0.3) is 5.91 Å². The van der Waals surface area contributed by atoms with Gasteiger partial charge in [-0.15, -0.1) is 0 Å². The fourth-order valence-corrected chi connectivity index (χ4v) is 3.93. The molecule has 0 aliphatic carbocycles. The summed E-state index contributed by atoms with van der Waals surface area (Å²) in [5, 5.41) is 3.76. The van der Waals surface area contributed by atoms with E-state index < -0.39 is 15.7 Å². The van der Waals surface area contributed by atoms with Crippen LogP contribution in [0.3, 0.4) is 0 Å². The van der Waals surface area contributed by atoms with Crippen LogP contribution in [0.15, 0.2) is 41.3 Å². The average Bonchev–Trinajstić information content (AvgIpc) is 2.94. The molecule has 2 aromatic carbocycles. The van der Waals surface area contributed by atoms with Crippen molar-refractivity contribution in [3.05, 3.63) is 52.5 Å². The number of hydrogen-bond acceptors (Lipinski definition) is 5. The molecular formula is C16H13ClN2O3S2. The van der Waals surface area contributed by atoms with Gasteiger partial charge < -0.3 is 0 Å². The van der Waals surface area contributed by atoms with Crippen LogP contribution in [0.25, 0.3) is 10.2 Å². The highest BCUT2D eigenvalue weighted by Crippen LogP contribution is 2.31. The van der Waals surface area contributed by atoms with Crippen LogP contribution < -0.4 is 5.32 Å². The number of benzene rings is 2. The van der Waals surface area contributed by atoms with Crippen LogP contribution in [0.5, 0.6) is 0 Å². The number of aromatic nitrogens is 1. The molecule has 1 amide bonds. The maximum atomic E-state index is 12.4. The Hall–Kier alpha value is -1.96. The molecular weight excluding hydrogens is 368 g/mol. The first kappa shape index (κ1) is 16.9. The van der Waals surface area contributed by atoms with Gasteiger partial charge in [-0.05, 0) is 42.8 Å². The Labute approximate surface area is 148 Å². The zero-order valence-electron chi connectivity index (χ0n) is 12.8. The van der Waals surface area contributed by atoms with Crippen LogP contribution in [0.4, 0.5) is 5.13 Å². The second-order valence-electron chi connectivity index (χ2n) is 5.29. The molecule has 1 N–H and O–H groups in total. The molecule has 3 aromatic rings. The van der Waals surface area contributed by atoms with Crippen LogP contribution >= 0.6 is 22.9 Å². The Morgan fingerprint density at radius 3 is 2.71 bits per heavy atom. The number of sulfone groups is 1. The van der Waals surface area contributed by atoms with Crippen LogP contribution in [0.2, 0.25) is 5.02 Å². The molecule has 0 saturated heterocycles. The number of nitrogens with one attached hydrogen (secondary N) is 1. The fraction of sp³-hybridized carbons (Fsp3) is 0.125. The van der Waals surface area contributed by atoms with E-state index in [0.717, 1.165) is 22.0 Å². The third-order valence-electron chi connectivity index (χ3n) is 3.49. The van der Waals surface area contributed by atoms with E-state index in [1.54, 1.807) is 12.1 Å². The number of fused-ring (bicyclic) bond motifs is 1. The van der Waals surface area contributed by atoms with E-state index in [0.29, 0.717) is 10.2 Å². The lowest BCUT2D eigenvalue weighted by Crippen LogP contribution is -2.12. The second-order valence-corrected chi connectivity index (χ2v) is 8.75. The van der Waals surface area contributed by atoms with E-state index in [1.165, 1.54) is 29.5 Å². The van der Waals surface area contributed by atoms with Crippen molar-refractivity contribution >= 4 is 54.0 Å². The molecule has 0 spiro atoms. The van der Waals surface area contributed by atoms with E-state index in [-0.39, 0.29) is 10.5 Å². The summed E-state index contributed by atoms with van der Waals surface area (Å²) in [6, 6.07) is 9.53. The zero-order valence-corrected chi connectivity index (χ0v) is 15.2. The van der Waals surface area contributed by atoms with Gasteiger partial charge in [0.1, 0.15) is 0 Å². The highest BCUT2D eigenvalue weighted by Gasteiger charge is 2.14. The van der Waals surface area contributed by atoms with Crippen molar-refractivity contribution in [2.45, 2.75) is 11.8 Å². The van der Waals surface area contributed by atoms with Crippen LogP contribution in [0, 0.1) is 6.92 Å². The Balaban J connectivity index is 1.92. The molecule has 8 heteroatoms. The number of halogens is 1. The molecule has 0 fully saturated rings. The van der Waals surface area contributed by atoms with Gasteiger partial charge in [-0.25, -0.2) is 13.4 Å². The Kier molecular flexibility index (Phi) is 4.33. The summed E-state index contributed by atoms with van der Waals surface area (Å²) in [4.78, 5) is 16.8. The van der Waals surface area contributed by atoms with Crippen molar-refractivity contribution in [1.82, 2.24) is 4.98 Å². The predicted molar refractivity (Wildman–Crippen MR) is 96.9 cm³/mol. The monoisotopic (exact) mass is 380 g/mol. The molecule has 1 heterocycles. The minimum absolute atomic E-state index is 0.0991. The lowest BCUT2D eigenvalue weighted by Gasteiger charge is -2.03. The number of aryl methyl sites for hydroxylation is 1. The Bertz CT molecular complexity index is 1060. The number of carbonyl (C=O) groups excluding carboxylic acids is 1. The summed E-state index contributed by atoms with van der Waals surface area (Å²) in [6.07, 6.45) is 1.10. The van der Waals surface area contributed by atoms with Crippen molar-refractivity contribution in [2.75, 3.05) is 11.6 Å². The van der Waals surface area contributed by atoms with Gasteiger partial charge in [0.15, 0.2) is 15.0 Å². The topological polar surface area (TPSA) is 76.1 Å². The standard InChI is InChI=1S/C16H13ClN2O3S2/c1-9-12(17)6-7-13-14(9)18-16(23-13)19-15(20)10-4-3-5-11(8-10)24(2,21)22/h3-8H,1-2H3,(H,18,19,20). The molecule has 1 aromatic heterocycles. The largest absolute Gasteiger partial charge is 0.298 e. The van der Waals surface area contributed by atoms with Crippen molar-refractivity contribution in [3.63, 3.8) is 0 Å². The molecule has 5 nitrogen and oxygen atoms in total. The highest BCUT2D eigenvalue weighted by molar-refractivity contribution is 7.90. The highest BCUT2D eigenvalue weighted by atomic mass is 35.5. The van der Waals surface area contributed by atoms with E-state index in [1.807, 2.05) is 13.0 Å². The first-order valence-corrected chi connectivity index (χ1v) is 10.0. The molecule has 0 saturated carbocycles. The van der Waals surface area contributed by atoms with Crippen molar-refractivity contribution in [2.24, 2.45) is 0 Å². The lowest BCUT2D eigenvalue weighted by molar-refractivity contribution is 0.102. The molecule has 124 valence electrons. The average molecular weight is 381 g/mol. The molecule has 0 aliphatic heterocycles. The zero-order chi connectivity index (χ0) is 17.5. The fourth-order valence-electron chi connectivity index (χ4n) is 2.19. The summed E-state index contributed by atoms with van der Waals surface area (Å²) in [6.45, 7) is 1.87. The van der Waals surface area contributed by atoms with E-state index >= 15 is 0 Å². The molecule has 0 radical (unpaired) electrons. The molecule has 24 heavy (non-hydrogen) atoms. The van der Waals surface area contributed by atoms with Crippen molar-refractivity contribution < 1.29 is 13.2 Å².